The Balaban J connectivity index is 2.54. The molecule has 0 radical (unpaired) electrons. The Hall–Kier alpha value is -1.29. The van der Waals surface area contributed by atoms with Crippen LogP contribution in [0.4, 0.5) is 4.39 Å². The lowest BCUT2D eigenvalue weighted by atomic mass is 9.78. The molecule has 2 N–H and O–H groups in total. The molecule has 0 bridgehead atoms. The van der Waals surface area contributed by atoms with Gasteiger partial charge in [0.15, 0.2) is 0 Å². The molecule has 1 aromatic carbocycles. The zero-order chi connectivity index (χ0) is 13.9. The molecule has 4 heteroatoms. The average molecular weight is 267 g/mol. The highest BCUT2D eigenvalue weighted by atomic mass is 19.1. The number of rotatable bonds is 5. The lowest BCUT2D eigenvalue weighted by molar-refractivity contribution is 0.362. The van der Waals surface area contributed by atoms with Crippen LogP contribution in [0.3, 0.4) is 0 Å². The highest BCUT2D eigenvalue weighted by Gasteiger charge is 2.37. The molecule has 0 aliphatic heterocycles. The van der Waals surface area contributed by atoms with Gasteiger partial charge in [0.1, 0.15) is 18.2 Å². The van der Waals surface area contributed by atoms with Crippen molar-refractivity contribution in [3.63, 3.8) is 0 Å². The Morgan fingerprint density at radius 3 is 2.26 bits per heavy atom. The Bertz CT molecular complexity index is 442. The van der Waals surface area contributed by atoms with Gasteiger partial charge in [0.05, 0.1) is 14.2 Å². The molecular weight excluding hydrogens is 245 g/mol. The lowest BCUT2D eigenvalue weighted by Gasteiger charge is -2.30. The van der Waals surface area contributed by atoms with E-state index in [4.69, 9.17) is 15.2 Å². The van der Waals surface area contributed by atoms with Gasteiger partial charge in [0.25, 0.3) is 0 Å². The van der Waals surface area contributed by atoms with Gasteiger partial charge in [0, 0.05) is 23.1 Å². The van der Waals surface area contributed by atoms with Crippen LogP contribution in [0, 0.1) is 0 Å². The summed E-state index contributed by atoms with van der Waals surface area (Å²) in [5.74, 6) is 1.30. The second-order valence-corrected chi connectivity index (χ2v) is 5.19. The lowest BCUT2D eigenvalue weighted by Crippen LogP contribution is -2.32. The summed E-state index contributed by atoms with van der Waals surface area (Å²) in [5, 5.41) is 0. The van der Waals surface area contributed by atoms with Crippen molar-refractivity contribution in [1.29, 1.82) is 0 Å². The molecule has 0 heterocycles. The molecule has 1 saturated carbocycles. The fourth-order valence-electron chi connectivity index (χ4n) is 3.12. The summed E-state index contributed by atoms with van der Waals surface area (Å²) >= 11 is 0. The SMILES string of the molecule is COc1cc(C2(CN)CCCC2)c(OC)cc1CF. The third-order valence-electron chi connectivity index (χ3n) is 4.27. The molecule has 106 valence electrons. The maximum absolute atomic E-state index is 13.0. The molecule has 1 aliphatic carbocycles. The highest BCUT2D eigenvalue weighted by molar-refractivity contribution is 5.50. The first kappa shape index (κ1) is 14.1. The largest absolute Gasteiger partial charge is 0.496 e. The second-order valence-electron chi connectivity index (χ2n) is 5.19. The van der Waals surface area contributed by atoms with Crippen molar-refractivity contribution in [1.82, 2.24) is 0 Å². The van der Waals surface area contributed by atoms with Crippen LogP contribution in [0.15, 0.2) is 12.1 Å². The normalized spacial score (nSPS) is 17.5. The van der Waals surface area contributed by atoms with Gasteiger partial charge in [-0.3, -0.25) is 0 Å². The van der Waals surface area contributed by atoms with Gasteiger partial charge in [-0.2, -0.15) is 0 Å². The van der Waals surface area contributed by atoms with E-state index in [-0.39, 0.29) is 5.41 Å². The van der Waals surface area contributed by atoms with Crippen LogP contribution in [-0.4, -0.2) is 20.8 Å². The Kier molecular flexibility index (Phi) is 4.30. The monoisotopic (exact) mass is 267 g/mol. The number of hydrogen-bond donors (Lipinski definition) is 1. The maximum atomic E-state index is 13.0. The third-order valence-corrected chi connectivity index (χ3v) is 4.27. The predicted molar refractivity (Wildman–Crippen MR) is 73.6 cm³/mol. The molecule has 3 nitrogen and oxygen atoms in total. The number of benzene rings is 1. The summed E-state index contributed by atoms with van der Waals surface area (Å²) in [5.41, 5.74) is 7.55. The van der Waals surface area contributed by atoms with Crippen molar-refractivity contribution in [3.05, 3.63) is 23.3 Å². The summed E-state index contributed by atoms with van der Waals surface area (Å²) in [6.07, 6.45) is 4.46. The van der Waals surface area contributed by atoms with Crippen molar-refractivity contribution in [2.24, 2.45) is 5.73 Å². The van der Waals surface area contributed by atoms with Crippen molar-refractivity contribution in [2.75, 3.05) is 20.8 Å². The van der Waals surface area contributed by atoms with E-state index in [2.05, 4.69) is 0 Å². The van der Waals surface area contributed by atoms with Crippen LogP contribution in [0.2, 0.25) is 0 Å². The van der Waals surface area contributed by atoms with Crippen molar-refractivity contribution >= 4 is 0 Å². The molecule has 0 aromatic heterocycles. The number of methoxy groups -OCH3 is 2. The second kappa shape index (κ2) is 5.78. The Morgan fingerprint density at radius 2 is 1.79 bits per heavy atom. The quantitative estimate of drug-likeness (QED) is 0.892. The van der Waals surface area contributed by atoms with E-state index in [1.807, 2.05) is 6.07 Å². The van der Waals surface area contributed by atoms with Crippen molar-refractivity contribution < 1.29 is 13.9 Å². The standard InChI is InChI=1S/C15H22FNO2/c1-18-13-8-12(14(19-2)7-11(13)9-16)15(10-17)5-3-4-6-15/h7-8H,3-6,9-10,17H2,1-2H3. The molecule has 1 aliphatic rings. The van der Waals surface area contributed by atoms with Gasteiger partial charge >= 0.3 is 0 Å². The minimum atomic E-state index is -0.560. The van der Waals surface area contributed by atoms with Crippen LogP contribution in [-0.2, 0) is 12.1 Å². The van der Waals surface area contributed by atoms with E-state index in [1.165, 1.54) is 12.8 Å². The Labute approximate surface area is 113 Å². The molecule has 1 fully saturated rings. The zero-order valence-corrected chi connectivity index (χ0v) is 11.7. The molecule has 0 amide bonds. The number of nitrogens with two attached hydrogens (primary N) is 1. The molecule has 0 saturated heterocycles. The van der Waals surface area contributed by atoms with Gasteiger partial charge in [-0.15, -0.1) is 0 Å². The molecule has 0 unspecified atom stereocenters. The molecule has 0 atom stereocenters. The highest BCUT2D eigenvalue weighted by Crippen LogP contribution is 2.46. The van der Waals surface area contributed by atoms with Crippen molar-refractivity contribution in [2.45, 2.75) is 37.8 Å². The summed E-state index contributed by atoms with van der Waals surface area (Å²) in [7, 11) is 3.18. The van der Waals surface area contributed by atoms with Crippen LogP contribution < -0.4 is 15.2 Å². The van der Waals surface area contributed by atoms with E-state index in [1.54, 1.807) is 20.3 Å². The Morgan fingerprint density at radius 1 is 1.16 bits per heavy atom. The third kappa shape index (κ3) is 2.41. The first-order valence-electron chi connectivity index (χ1n) is 6.72. The van der Waals surface area contributed by atoms with Gasteiger partial charge in [-0.25, -0.2) is 4.39 Å². The van der Waals surface area contributed by atoms with Gasteiger partial charge in [-0.05, 0) is 25.0 Å². The predicted octanol–water partition coefficient (Wildman–Crippen LogP) is 2.94. The molecule has 1 aromatic rings. The van der Waals surface area contributed by atoms with Crippen LogP contribution in [0.25, 0.3) is 0 Å². The molecule has 2 rings (SSSR count). The minimum Gasteiger partial charge on any atom is -0.496 e. The average Bonchev–Trinajstić information content (AvgIpc) is 2.95. The van der Waals surface area contributed by atoms with Crippen LogP contribution in [0.5, 0.6) is 11.5 Å². The number of halogens is 1. The molecule has 0 spiro atoms. The first-order valence-corrected chi connectivity index (χ1v) is 6.72. The van der Waals surface area contributed by atoms with E-state index < -0.39 is 6.67 Å². The number of alkyl halides is 1. The van der Waals surface area contributed by atoms with Crippen LogP contribution in [0.1, 0.15) is 36.8 Å². The summed E-state index contributed by atoms with van der Waals surface area (Å²) in [4.78, 5) is 0. The summed E-state index contributed by atoms with van der Waals surface area (Å²) in [6, 6.07) is 3.65. The topological polar surface area (TPSA) is 44.5 Å². The fourth-order valence-corrected chi connectivity index (χ4v) is 3.12. The minimum absolute atomic E-state index is 0.0481. The molecular formula is C15H22FNO2. The van der Waals surface area contributed by atoms with Gasteiger partial charge in [-0.1, -0.05) is 12.8 Å². The first-order chi connectivity index (χ1) is 9.20. The maximum Gasteiger partial charge on any atom is 0.125 e. The van der Waals surface area contributed by atoms with E-state index in [9.17, 15) is 4.39 Å². The number of ether oxygens (including phenoxy) is 2. The summed E-state index contributed by atoms with van der Waals surface area (Å²) in [6.45, 7) is 0.0247. The van der Waals surface area contributed by atoms with Gasteiger partial charge in [0.2, 0.25) is 0 Å². The fraction of sp³-hybridized carbons (Fsp3) is 0.600. The van der Waals surface area contributed by atoms with Gasteiger partial charge < -0.3 is 15.2 Å². The van der Waals surface area contributed by atoms with Crippen molar-refractivity contribution in [3.8, 4) is 11.5 Å². The number of hydrogen-bond acceptors (Lipinski definition) is 3. The van der Waals surface area contributed by atoms with Crippen LogP contribution >= 0.6 is 0 Å². The smallest absolute Gasteiger partial charge is 0.125 e. The van der Waals surface area contributed by atoms with E-state index in [0.29, 0.717) is 17.9 Å². The zero-order valence-electron chi connectivity index (χ0n) is 11.7. The van der Waals surface area contributed by atoms with E-state index in [0.717, 1.165) is 24.2 Å². The molecule has 19 heavy (non-hydrogen) atoms. The van der Waals surface area contributed by atoms with E-state index >= 15 is 0 Å². The summed E-state index contributed by atoms with van der Waals surface area (Å²) < 4.78 is 23.8.